The zero-order chi connectivity index (χ0) is 20.3. The molecule has 28 heavy (non-hydrogen) atoms. The van der Waals surface area contributed by atoms with Gasteiger partial charge in [0.05, 0.1) is 5.16 Å². The first-order valence-electron chi connectivity index (χ1n) is 9.79. The van der Waals surface area contributed by atoms with E-state index < -0.39 is 5.60 Å². The summed E-state index contributed by atoms with van der Waals surface area (Å²) in [6.45, 7) is 9.74. The van der Waals surface area contributed by atoms with Crippen LogP contribution in [-0.2, 0) is 11.3 Å². The number of piperazine rings is 1. The molecule has 0 bridgehead atoms. The van der Waals surface area contributed by atoms with Crippen LogP contribution in [0.1, 0.15) is 45.1 Å². The Morgan fingerprint density at radius 2 is 1.93 bits per heavy atom. The lowest BCUT2D eigenvalue weighted by Crippen LogP contribution is -2.50. The van der Waals surface area contributed by atoms with Crippen molar-refractivity contribution < 1.29 is 9.53 Å². The Morgan fingerprint density at radius 3 is 2.50 bits per heavy atom. The maximum absolute atomic E-state index is 12.6. The van der Waals surface area contributed by atoms with Crippen LogP contribution in [0.5, 0.6) is 0 Å². The van der Waals surface area contributed by atoms with Crippen molar-refractivity contribution in [1.82, 2.24) is 14.4 Å². The van der Waals surface area contributed by atoms with Crippen molar-refractivity contribution in [3.8, 4) is 0 Å². The molecule has 2 aliphatic rings. The Labute approximate surface area is 171 Å². The molecule has 0 unspecified atom stereocenters. The first-order chi connectivity index (χ1) is 13.3. The van der Waals surface area contributed by atoms with E-state index in [4.69, 9.17) is 4.74 Å². The molecule has 1 aromatic heterocycles. The highest BCUT2D eigenvalue weighted by atomic mass is 32.1. The largest absolute Gasteiger partial charge is 0.444 e. The smallest absolute Gasteiger partial charge is 0.410 e. The number of carbonyl (C=O) groups is 1. The van der Waals surface area contributed by atoms with Crippen LogP contribution in [0.2, 0.25) is 0 Å². The molecule has 2 fully saturated rings. The molecule has 0 aromatic carbocycles. The summed E-state index contributed by atoms with van der Waals surface area (Å²) in [5.74, 6) is 0.531. The van der Waals surface area contributed by atoms with Gasteiger partial charge in [-0.2, -0.15) is 4.99 Å². The van der Waals surface area contributed by atoms with Gasteiger partial charge in [-0.3, -0.25) is 9.69 Å². The van der Waals surface area contributed by atoms with Crippen molar-refractivity contribution in [1.29, 1.82) is 0 Å². The molecule has 1 aliphatic carbocycles. The van der Waals surface area contributed by atoms with Crippen LogP contribution in [0.25, 0.3) is 0 Å². The molecule has 0 N–H and O–H groups in total. The number of hydrogen-bond donors (Lipinski definition) is 0. The average molecular weight is 405 g/mol. The molecular formula is C20H28N4O3S. The van der Waals surface area contributed by atoms with Crippen molar-refractivity contribution >= 4 is 29.2 Å². The minimum absolute atomic E-state index is 0.130. The van der Waals surface area contributed by atoms with E-state index in [1.54, 1.807) is 9.47 Å². The van der Waals surface area contributed by atoms with Gasteiger partial charge in [0.15, 0.2) is 0 Å². The predicted octanol–water partition coefficient (Wildman–Crippen LogP) is 3.01. The maximum atomic E-state index is 12.6. The highest BCUT2D eigenvalue weighted by Gasteiger charge is 2.27. The van der Waals surface area contributed by atoms with E-state index in [0.29, 0.717) is 31.2 Å². The van der Waals surface area contributed by atoms with Gasteiger partial charge in [-0.05, 0) is 63.4 Å². The molecule has 1 amide bonds. The van der Waals surface area contributed by atoms with E-state index in [1.807, 2.05) is 33.0 Å². The second-order valence-electron chi connectivity index (χ2n) is 8.44. The molecule has 2 heterocycles. The third-order valence-electron chi connectivity index (χ3n) is 4.98. The molecule has 0 spiro atoms. The summed E-state index contributed by atoms with van der Waals surface area (Å²) in [6.07, 6.45) is 4.01. The first-order valence-corrected chi connectivity index (χ1v) is 10.2. The number of thiocarbonyl (C=S) groups is 1. The summed E-state index contributed by atoms with van der Waals surface area (Å²) in [5, 5.41) is 2.31. The molecule has 1 aromatic rings. The summed E-state index contributed by atoms with van der Waals surface area (Å²) in [6, 6.07) is 1.84. The van der Waals surface area contributed by atoms with Gasteiger partial charge in [0.1, 0.15) is 11.3 Å². The van der Waals surface area contributed by atoms with Crippen LogP contribution in [0.15, 0.2) is 22.1 Å². The van der Waals surface area contributed by atoms with Gasteiger partial charge in [-0.15, -0.1) is 0 Å². The van der Waals surface area contributed by atoms with E-state index >= 15 is 0 Å². The van der Waals surface area contributed by atoms with E-state index in [2.05, 4.69) is 27.3 Å². The molecule has 8 heteroatoms. The van der Waals surface area contributed by atoms with Crippen LogP contribution >= 0.6 is 12.2 Å². The normalized spacial score (nSPS) is 17.9. The number of amides is 1. The molecule has 3 rings (SSSR count). The molecule has 1 aliphatic heterocycles. The van der Waals surface area contributed by atoms with Gasteiger partial charge in [0, 0.05) is 45.5 Å². The van der Waals surface area contributed by atoms with Crippen molar-refractivity contribution in [2.75, 3.05) is 32.7 Å². The number of isothiocyanates is 1. The van der Waals surface area contributed by atoms with E-state index in [-0.39, 0.29) is 11.7 Å². The molecule has 1 saturated heterocycles. The van der Waals surface area contributed by atoms with Gasteiger partial charge in [0.25, 0.3) is 5.56 Å². The lowest BCUT2D eigenvalue weighted by Gasteiger charge is -2.35. The number of aromatic nitrogens is 1. The molecule has 7 nitrogen and oxygen atoms in total. The van der Waals surface area contributed by atoms with Crippen LogP contribution in [-0.4, -0.2) is 63.9 Å². The van der Waals surface area contributed by atoms with Crippen molar-refractivity contribution in [2.45, 2.75) is 51.7 Å². The Kier molecular flexibility index (Phi) is 6.33. The summed E-state index contributed by atoms with van der Waals surface area (Å²) in [7, 11) is 0. The lowest BCUT2D eigenvalue weighted by molar-refractivity contribution is 0.0143. The fraction of sp³-hybridized carbons (Fsp3) is 0.650. The molecule has 152 valence electrons. The van der Waals surface area contributed by atoms with Gasteiger partial charge >= 0.3 is 6.09 Å². The number of carbonyl (C=O) groups excluding carboxylic acids is 1. The summed E-state index contributed by atoms with van der Waals surface area (Å²) in [5.41, 5.74) is 0.909. The summed E-state index contributed by atoms with van der Waals surface area (Å²) >= 11 is 4.68. The highest BCUT2D eigenvalue weighted by molar-refractivity contribution is 7.78. The number of hydrogen-bond acceptors (Lipinski definition) is 6. The lowest BCUT2D eigenvalue weighted by atomic mass is 10.2. The van der Waals surface area contributed by atoms with E-state index in [0.717, 1.165) is 38.0 Å². The Hall–Kier alpha value is -2.02. The maximum Gasteiger partial charge on any atom is 0.410 e. The first kappa shape index (κ1) is 20.7. The number of rotatable bonds is 5. The summed E-state index contributed by atoms with van der Waals surface area (Å²) < 4.78 is 7.17. The SMILES string of the molecule is CC(C)(C)OC(=O)N1CCN(CCn2cc(C3CC3)cc(N=C=S)c2=O)CC1. The Balaban J connectivity index is 1.57. The molecule has 1 saturated carbocycles. The minimum atomic E-state index is -0.482. The van der Waals surface area contributed by atoms with Crippen molar-refractivity contribution in [3.05, 3.63) is 28.2 Å². The number of pyridine rings is 1. The van der Waals surface area contributed by atoms with Crippen molar-refractivity contribution in [3.63, 3.8) is 0 Å². The Morgan fingerprint density at radius 1 is 1.25 bits per heavy atom. The quantitative estimate of drug-likeness (QED) is 0.557. The monoisotopic (exact) mass is 404 g/mol. The highest BCUT2D eigenvalue weighted by Crippen LogP contribution is 2.40. The molecule has 0 radical (unpaired) electrons. The van der Waals surface area contributed by atoms with Crippen LogP contribution < -0.4 is 5.56 Å². The standard InChI is InChI=1S/C20H28N4O3S/c1-20(2,3)27-19(26)23-9-6-22(7-10-23)8-11-24-13-16(15-4-5-15)12-17(18(24)25)21-14-28/h12-13,15H,4-11H2,1-3H3. The van der Waals surface area contributed by atoms with Gasteiger partial charge in [0.2, 0.25) is 0 Å². The molecule has 0 atom stereocenters. The zero-order valence-electron chi connectivity index (χ0n) is 16.8. The predicted molar refractivity (Wildman–Crippen MR) is 112 cm³/mol. The third kappa shape index (κ3) is 5.50. The van der Waals surface area contributed by atoms with Crippen LogP contribution in [0.3, 0.4) is 0 Å². The van der Waals surface area contributed by atoms with Crippen molar-refractivity contribution in [2.24, 2.45) is 4.99 Å². The topological polar surface area (TPSA) is 67.1 Å². The average Bonchev–Trinajstić information content (AvgIpc) is 3.46. The number of nitrogens with zero attached hydrogens (tertiary/aromatic N) is 4. The van der Waals surface area contributed by atoms with Gasteiger partial charge in [-0.25, -0.2) is 4.79 Å². The molecular weight excluding hydrogens is 376 g/mol. The third-order valence-corrected chi connectivity index (χ3v) is 5.08. The number of ether oxygens (including phenoxy) is 1. The number of aliphatic imine (C=N–C) groups is 1. The fourth-order valence-electron chi connectivity index (χ4n) is 3.31. The van der Waals surface area contributed by atoms with Crippen LogP contribution in [0.4, 0.5) is 10.5 Å². The zero-order valence-corrected chi connectivity index (χ0v) is 17.6. The Bertz CT molecular complexity index is 827. The summed E-state index contributed by atoms with van der Waals surface area (Å²) in [4.78, 5) is 32.7. The van der Waals surface area contributed by atoms with Gasteiger partial charge < -0.3 is 14.2 Å². The van der Waals surface area contributed by atoms with Gasteiger partial charge in [-0.1, -0.05) is 0 Å². The second kappa shape index (κ2) is 8.55. The van der Waals surface area contributed by atoms with E-state index in [1.165, 1.54) is 0 Å². The van der Waals surface area contributed by atoms with E-state index in [9.17, 15) is 9.59 Å². The fourth-order valence-corrected chi connectivity index (χ4v) is 3.41. The van der Waals surface area contributed by atoms with Crippen LogP contribution in [0, 0.1) is 0 Å². The minimum Gasteiger partial charge on any atom is -0.444 e. The second-order valence-corrected chi connectivity index (χ2v) is 8.63.